The quantitative estimate of drug-likeness (QED) is 0.551. The largest absolute Gasteiger partial charge is 0.483 e. The molecule has 2 rings (SSSR count). The first-order chi connectivity index (χ1) is 11.2. The van der Waals surface area contributed by atoms with Gasteiger partial charge in [-0.25, -0.2) is 0 Å². The van der Waals surface area contributed by atoms with Gasteiger partial charge in [0.25, 0.3) is 0 Å². The third-order valence-corrected chi connectivity index (χ3v) is 4.87. The van der Waals surface area contributed by atoms with E-state index in [-0.39, 0.29) is 20.7 Å². The van der Waals surface area contributed by atoms with Gasteiger partial charge in [0.1, 0.15) is 16.4 Å². The molecule has 0 N–H and O–H groups in total. The molecule has 1 unspecified atom stereocenters. The average Bonchev–Trinajstić information content (AvgIpc) is 2.48. The van der Waals surface area contributed by atoms with Crippen molar-refractivity contribution in [1.29, 1.82) is 0 Å². The molecule has 0 radical (unpaired) electrons. The Hall–Kier alpha value is -1.76. The smallest absolute Gasteiger partial charge is 0.340 e. The number of aldehydes is 1. The molecule has 8 heteroatoms. The van der Waals surface area contributed by atoms with Crippen molar-refractivity contribution in [2.75, 3.05) is 0 Å². The van der Waals surface area contributed by atoms with Gasteiger partial charge >= 0.3 is 10.1 Å². The summed E-state index contributed by atoms with van der Waals surface area (Å²) in [5, 5.41) is 0.216. The Balaban J connectivity index is 2.36. The molecule has 0 aromatic heterocycles. The summed E-state index contributed by atoms with van der Waals surface area (Å²) in [5.41, 5.74) is 0.702. The summed E-state index contributed by atoms with van der Waals surface area (Å²) >= 11 is 11.7. The fraction of sp³-hybridized carbons (Fsp3) is 0.188. The topological polar surface area (TPSA) is 69.7 Å². The lowest BCUT2D eigenvalue weighted by Crippen LogP contribution is -2.13. The highest BCUT2D eigenvalue weighted by Gasteiger charge is 2.21. The molecule has 0 spiro atoms. The molecule has 0 fully saturated rings. The van der Waals surface area contributed by atoms with E-state index in [1.54, 1.807) is 19.9 Å². The van der Waals surface area contributed by atoms with Gasteiger partial charge in [-0.3, -0.25) is 4.79 Å². The fourth-order valence-corrected chi connectivity index (χ4v) is 3.57. The molecule has 0 aliphatic rings. The highest BCUT2D eigenvalue weighted by atomic mass is 35.5. The number of hydrogen-bond donors (Lipinski definition) is 0. The number of aryl methyl sites for hydroxylation is 1. The molecule has 2 aromatic carbocycles. The van der Waals surface area contributed by atoms with Crippen LogP contribution < -0.4 is 8.92 Å². The van der Waals surface area contributed by atoms with Crippen molar-refractivity contribution >= 4 is 39.6 Å². The molecule has 0 amide bonds. The highest BCUT2D eigenvalue weighted by molar-refractivity contribution is 7.87. The van der Waals surface area contributed by atoms with Crippen LogP contribution in [0, 0.1) is 6.92 Å². The molecule has 0 saturated heterocycles. The van der Waals surface area contributed by atoms with Crippen LogP contribution in [0.25, 0.3) is 0 Å². The van der Waals surface area contributed by atoms with E-state index in [0.717, 1.165) is 0 Å². The summed E-state index contributed by atoms with van der Waals surface area (Å²) in [6.07, 6.45) is -0.0376. The fourth-order valence-electron chi connectivity index (χ4n) is 1.91. The predicted octanol–water partition coefficient (Wildman–Crippen LogP) is 4.04. The van der Waals surface area contributed by atoms with Crippen LogP contribution in [0.1, 0.15) is 12.5 Å². The van der Waals surface area contributed by atoms with E-state index < -0.39 is 16.2 Å². The zero-order valence-electron chi connectivity index (χ0n) is 12.8. The Labute approximate surface area is 150 Å². The summed E-state index contributed by atoms with van der Waals surface area (Å²) in [7, 11) is -4.18. The maximum atomic E-state index is 12.4. The third-order valence-electron chi connectivity index (χ3n) is 2.91. The number of hydrogen-bond acceptors (Lipinski definition) is 5. The first-order valence-corrected chi connectivity index (χ1v) is 9.01. The van der Waals surface area contributed by atoms with Crippen LogP contribution in [0.2, 0.25) is 10.0 Å². The molecule has 1 atom stereocenters. The minimum absolute atomic E-state index is 0.00176. The number of carbonyl (C=O) groups excluding carboxylic acids is 1. The standard InChI is InChI=1S/C16H14Cl2O5S/c1-10-5-13(22-11(2)9-19)8-14(6-10)23-24(20,21)16-7-12(17)3-4-15(16)18/h3-9,11H,1-2H3. The molecular weight excluding hydrogens is 375 g/mol. The normalized spacial score (nSPS) is 12.5. The van der Waals surface area contributed by atoms with Crippen molar-refractivity contribution in [3.8, 4) is 11.5 Å². The van der Waals surface area contributed by atoms with Gasteiger partial charge in [0.15, 0.2) is 12.4 Å². The molecule has 0 heterocycles. The molecule has 128 valence electrons. The maximum absolute atomic E-state index is 12.4. The zero-order chi connectivity index (χ0) is 17.9. The van der Waals surface area contributed by atoms with Crippen LogP contribution in [0.4, 0.5) is 0 Å². The molecule has 2 aromatic rings. The molecular formula is C16H14Cl2O5S. The number of halogens is 2. The summed E-state index contributed by atoms with van der Waals surface area (Å²) in [5.74, 6) is 0.358. The lowest BCUT2D eigenvalue weighted by molar-refractivity contribution is -0.113. The zero-order valence-corrected chi connectivity index (χ0v) is 15.2. The predicted molar refractivity (Wildman–Crippen MR) is 91.6 cm³/mol. The first-order valence-electron chi connectivity index (χ1n) is 6.84. The van der Waals surface area contributed by atoms with E-state index in [2.05, 4.69) is 0 Å². The monoisotopic (exact) mass is 388 g/mol. The van der Waals surface area contributed by atoms with Gasteiger partial charge in [0, 0.05) is 11.1 Å². The Bertz CT molecular complexity index is 865. The van der Waals surface area contributed by atoms with Gasteiger partial charge in [-0.15, -0.1) is 0 Å². The van der Waals surface area contributed by atoms with E-state index in [4.69, 9.17) is 32.1 Å². The minimum Gasteiger partial charge on any atom is -0.483 e. The van der Waals surface area contributed by atoms with Crippen molar-refractivity contribution in [1.82, 2.24) is 0 Å². The van der Waals surface area contributed by atoms with Gasteiger partial charge in [-0.05, 0) is 49.7 Å². The van der Waals surface area contributed by atoms with Crippen LogP contribution in [0.15, 0.2) is 41.3 Å². The first kappa shape index (κ1) is 18.6. The van der Waals surface area contributed by atoms with E-state index in [1.165, 1.54) is 30.3 Å². The summed E-state index contributed by atoms with van der Waals surface area (Å²) in [6, 6.07) is 8.61. The molecule has 0 saturated carbocycles. The van der Waals surface area contributed by atoms with Crippen molar-refractivity contribution in [2.24, 2.45) is 0 Å². The van der Waals surface area contributed by atoms with Gasteiger partial charge in [-0.2, -0.15) is 8.42 Å². The maximum Gasteiger partial charge on any atom is 0.340 e. The molecule has 5 nitrogen and oxygen atoms in total. The second-order valence-electron chi connectivity index (χ2n) is 5.05. The van der Waals surface area contributed by atoms with Crippen LogP contribution in [-0.2, 0) is 14.9 Å². The van der Waals surface area contributed by atoms with Crippen molar-refractivity contribution < 1.29 is 22.1 Å². The van der Waals surface area contributed by atoms with E-state index >= 15 is 0 Å². The van der Waals surface area contributed by atoms with Gasteiger partial charge in [0.2, 0.25) is 0 Å². The van der Waals surface area contributed by atoms with Crippen LogP contribution >= 0.6 is 23.2 Å². The number of benzene rings is 2. The Morgan fingerprint density at radius 1 is 1.08 bits per heavy atom. The average molecular weight is 389 g/mol. The summed E-state index contributed by atoms with van der Waals surface area (Å²) in [4.78, 5) is 10.4. The van der Waals surface area contributed by atoms with Crippen LogP contribution in [-0.4, -0.2) is 20.8 Å². The minimum atomic E-state index is -4.18. The van der Waals surface area contributed by atoms with Crippen molar-refractivity contribution in [3.63, 3.8) is 0 Å². The van der Waals surface area contributed by atoms with Crippen LogP contribution in [0.3, 0.4) is 0 Å². The lowest BCUT2D eigenvalue weighted by atomic mass is 10.2. The molecule has 0 aliphatic heterocycles. The molecule has 0 aliphatic carbocycles. The van der Waals surface area contributed by atoms with Crippen molar-refractivity contribution in [3.05, 3.63) is 52.0 Å². The Kier molecular flexibility index (Phi) is 5.74. The van der Waals surface area contributed by atoms with Gasteiger partial charge in [-0.1, -0.05) is 23.2 Å². The number of carbonyl (C=O) groups is 1. The number of rotatable bonds is 6. The van der Waals surface area contributed by atoms with Gasteiger partial charge in [0.05, 0.1) is 5.02 Å². The van der Waals surface area contributed by atoms with Crippen molar-refractivity contribution in [2.45, 2.75) is 24.8 Å². The summed E-state index contributed by atoms with van der Waals surface area (Å²) < 4.78 is 35.3. The van der Waals surface area contributed by atoms with Crippen LogP contribution in [0.5, 0.6) is 11.5 Å². The molecule has 24 heavy (non-hydrogen) atoms. The van der Waals surface area contributed by atoms with E-state index in [0.29, 0.717) is 17.6 Å². The van der Waals surface area contributed by atoms with E-state index in [1.807, 2.05) is 0 Å². The second kappa shape index (κ2) is 7.42. The highest BCUT2D eigenvalue weighted by Crippen LogP contribution is 2.30. The van der Waals surface area contributed by atoms with Gasteiger partial charge < -0.3 is 8.92 Å². The van der Waals surface area contributed by atoms with E-state index in [9.17, 15) is 13.2 Å². The Morgan fingerprint density at radius 3 is 2.42 bits per heavy atom. The Morgan fingerprint density at radius 2 is 1.75 bits per heavy atom. The SMILES string of the molecule is Cc1cc(OC(C)C=O)cc(OS(=O)(=O)c2cc(Cl)ccc2Cl)c1. The summed E-state index contributed by atoms with van der Waals surface area (Å²) in [6.45, 7) is 3.31. The molecule has 0 bridgehead atoms. The number of ether oxygens (including phenoxy) is 1. The lowest BCUT2D eigenvalue weighted by Gasteiger charge is -2.13. The third kappa shape index (κ3) is 4.63. The second-order valence-corrected chi connectivity index (χ2v) is 7.41.